The van der Waals surface area contributed by atoms with Crippen LogP contribution in [0.5, 0.6) is 5.75 Å². The summed E-state index contributed by atoms with van der Waals surface area (Å²) < 4.78 is 38.2. The summed E-state index contributed by atoms with van der Waals surface area (Å²) in [5.41, 5.74) is 1.98. The molecule has 3 aromatic rings. The number of sulfonamides is 1. The Labute approximate surface area is 205 Å². The number of aromatic nitrogens is 2. The average Bonchev–Trinajstić information content (AvgIpc) is 3.23. The van der Waals surface area contributed by atoms with Crippen LogP contribution in [-0.4, -0.2) is 60.9 Å². The molecule has 186 valence electrons. The summed E-state index contributed by atoms with van der Waals surface area (Å²) in [4.78, 5) is 19.9. The number of amides is 1. The lowest BCUT2D eigenvalue weighted by Gasteiger charge is -2.35. The van der Waals surface area contributed by atoms with Gasteiger partial charge in [-0.2, -0.15) is 4.31 Å². The lowest BCUT2D eigenvalue weighted by Crippen LogP contribution is -2.44. The van der Waals surface area contributed by atoms with Crippen LogP contribution in [-0.2, 0) is 14.8 Å². The molecule has 1 aliphatic heterocycles. The van der Waals surface area contributed by atoms with E-state index in [-0.39, 0.29) is 35.6 Å². The number of pyridine rings is 1. The van der Waals surface area contributed by atoms with Gasteiger partial charge in [-0.25, -0.2) is 8.42 Å². The van der Waals surface area contributed by atoms with E-state index in [1.54, 1.807) is 39.1 Å². The van der Waals surface area contributed by atoms with E-state index in [0.29, 0.717) is 24.3 Å². The fourth-order valence-corrected chi connectivity index (χ4v) is 6.43. The van der Waals surface area contributed by atoms with Crippen molar-refractivity contribution in [2.45, 2.75) is 37.6 Å². The average molecular weight is 499 g/mol. The van der Waals surface area contributed by atoms with Crippen molar-refractivity contribution in [3.63, 3.8) is 0 Å². The van der Waals surface area contributed by atoms with E-state index in [1.807, 2.05) is 42.5 Å². The van der Waals surface area contributed by atoms with E-state index in [4.69, 9.17) is 9.26 Å². The summed E-state index contributed by atoms with van der Waals surface area (Å²) in [6.07, 6.45) is 2.57. The molecule has 1 saturated heterocycles. The standard InChI is InChI=1S/C25H30N4O5S/c1-17-24(18(2)34-27-17)35(31,32)29-14-11-19(12-15-29)25(30)28(3)23(22-10-5-6-13-26-22)20-8-7-9-21(16-20)33-4/h5-10,13,16,19,23H,11-12,14-15H2,1-4H3. The van der Waals surface area contributed by atoms with Crippen LogP contribution in [0.2, 0.25) is 0 Å². The zero-order valence-electron chi connectivity index (χ0n) is 20.3. The number of methoxy groups -OCH3 is 1. The van der Waals surface area contributed by atoms with Gasteiger partial charge in [-0.05, 0) is 56.5 Å². The Hall–Kier alpha value is -3.24. The van der Waals surface area contributed by atoms with Gasteiger partial charge in [-0.3, -0.25) is 9.78 Å². The second kappa shape index (κ2) is 10.2. The smallest absolute Gasteiger partial charge is 0.248 e. The van der Waals surface area contributed by atoms with Crippen molar-refractivity contribution in [2.24, 2.45) is 5.92 Å². The minimum Gasteiger partial charge on any atom is -0.497 e. The topological polar surface area (TPSA) is 106 Å². The lowest BCUT2D eigenvalue weighted by molar-refractivity contribution is -0.137. The molecule has 0 radical (unpaired) electrons. The van der Waals surface area contributed by atoms with Crippen LogP contribution >= 0.6 is 0 Å². The molecular formula is C25H30N4O5S. The SMILES string of the molecule is COc1cccc(C(c2ccccn2)N(C)C(=O)C2CCN(S(=O)(=O)c3c(C)noc3C)CC2)c1. The zero-order chi connectivity index (χ0) is 25.2. The van der Waals surface area contributed by atoms with Crippen LogP contribution in [0, 0.1) is 19.8 Å². The number of aryl methyl sites for hydroxylation is 2. The molecule has 4 rings (SSSR count). The van der Waals surface area contributed by atoms with Crippen molar-refractivity contribution >= 4 is 15.9 Å². The fraction of sp³-hybridized carbons (Fsp3) is 0.400. The van der Waals surface area contributed by atoms with Gasteiger partial charge in [0, 0.05) is 32.3 Å². The van der Waals surface area contributed by atoms with Gasteiger partial charge >= 0.3 is 0 Å². The van der Waals surface area contributed by atoms with Crippen molar-refractivity contribution in [3.05, 3.63) is 71.4 Å². The Bertz CT molecular complexity index is 1260. The van der Waals surface area contributed by atoms with Gasteiger partial charge in [0.15, 0.2) is 5.76 Å². The second-order valence-corrected chi connectivity index (χ2v) is 10.6. The van der Waals surface area contributed by atoms with Crippen LogP contribution in [0.1, 0.15) is 41.6 Å². The van der Waals surface area contributed by atoms with Gasteiger partial charge in [0.05, 0.1) is 18.8 Å². The highest BCUT2D eigenvalue weighted by Crippen LogP contribution is 2.33. The number of carbonyl (C=O) groups is 1. The van der Waals surface area contributed by atoms with Gasteiger partial charge in [0.1, 0.15) is 16.3 Å². The molecule has 2 aromatic heterocycles. The number of piperidine rings is 1. The predicted octanol–water partition coefficient (Wildman–Crippen LogP) is 3.34. The Morgan fingerprint density at radius 3 is 2.51 bits per heavy atom. The molecule has 0 aliphatic carbocycles. The fourth-order valence-electron chi connectivity index (χ4n) is 4.67. The molecule has 0 spiro atoms. The normalized spacial score (nSPS) is 16.1. The molecule has 10 heteroatoms. The molecule has 1 fully saturated rings. The van der Waals surface area contributed by atoms with Gasteiger partial charge in [-0.15, -0.1) is 0 Å². The number of rotatable bonds is 7. The third-order valence-electron chi connectivity index (χ3n) is 6.48. The molecule has 1 amide bonds. The second-order valence-electron chi connectivity index (χ2n) is 8.71. The molecule has 1 aromatic carbocycles. The first-order valence-corrected chi connectivity index (χ1v) is 12.9. The first-order valence-electron chi connectivity index (χ1n) is 11.5. The third-order valence-corrected chi connectivity index (χ3v) is 8.63. The van der Waals surface area contributed by atoms with Crippen LogP contribution in [0.25, 0.3) is 0 Å². The van der Waals surface area contributed by atoms with Crippen LogP contribution in [0.15, 0.2) is 58.1 Å². The zero-order valence-corrected chi connectivity index (χ0v) is 21.2. The first-order chi connectivity index (χ1) is 16.7. The quantitative estimate of drug-likeness (QED) is 0.492. The van der Waals surface area contributed by atoms with Crippen molar-refractivity contribution in [1.29, 1.82) is 0 Å². The summed E-state index contributed by atoms with van der Waals surface area (Å²) in [6, 6.07) is 12.8. The number of benzene rings is 1. The number of hydrogen-bond acceptors (Lipinski definition) is 7. The van der Waals surface area contributed by atoms with Gasteiger partial charge in [0.2, 0.25) is 15.9 Å². The molecule has 1 unspecified atom stereocenters. The van der Waals surface area contributed by atoms with Gasteiger partial charge in [0.25, 0.3) is 0 Å². The Morgan fingerprint density at radius 2 is 1.91 bits per heavy atom. The minimum atomic E-state index is -3.73. The van der Waals surface area contributed by atoms with Crippen LogP contribution < -0.4 is 4.74 Å². The Balaban J connectivity index is 1.53. The molecule has 1 aliphatic rings. The van der Waals surface area contributed by atoms with E-state index in [0.717, 1.165) is 11.3 Å². The van der Waals surface area contributed by atoms with E-state index in [1.165, 1.54) is 4.31 Å². The molecular weight excluding hydrogens is 468 g/mol. The number of nitrogens with zero attached hydrogens (tertiary/aromatic N) is 4. The van der Waals surface area contributed by atoms with Crippen molar-refractivity contribution in [3.8, 4) is 5.75 Å². The van der Waals surface area contributed by atoms with Gasteiger partial charge in [-0.1, -0.05) is 23.4 Å². The summed E-state index contributed by atoms with van der Waals surface area (Å²) in [5, 5.41) is 3.78. The van der Waals surface area contributed by atoms with Gasteiger partial charge < -0.3 is 14.2 Å². The maximum atomic E-state index is 13.6. The third kappa shape index (κ3) is 4.94. The highest BCUT2D eigenvalue weighted by Gasteiger charge is 2.37. The molecule has 1 atom stereocenters. The van der Waals surface area contributed by atoms with E-state index in [9.17, 15) is 13.2 Å². The summed E-state index contributed by atoms with van der Waals surface area (Å²) in [5.74, 6) is 0.629. The molecule has 0 saturated carbocycles. The van der Waals surface area contributed by atoms with Crippen LogP contribution in [0.3, 0.4) is 0 Å². The van der Waals surface area contributed by atoms with E-state index in [2.05, 4.69) is 10.1 Å². The molecule has 3 heterocycles. The molecule has 0 N–H and O–H groups in total. The van der Waals surface area contributed by atoms with Crippen LogP contribution in [0.4, 0.5) is 0 Å². The Kier molecular flexibility index (Phi) is 7.23. The van der Waals surface area contributed by atoms with E-state index >= 15 is 0 Å². The predicted molar refractivity (Wildman–Crippen MR) is 129 cm³/mol. The first kappa shape index (κ1) is 24.9. The number of hydrogen-bond donors (Lipinski definition) is 0. The van der Waals surface area contributed by atoms with E-state index < -0.39 is 16.1 Å². The molecule has 9 nitrogen and oxygen atoms in total. The minimum absolute atomic E-state index is 0.0436. The summed E-state index contributed by atoms with van der Waals surface area (Å²) >= 11 is 0. The summed E-state index contributed by atoms with van der Waals surface area (Å²) in [7, 11) is -0.354. The number of ether oxygens (including phenoxy) is 1. The molecule has 0 bridgehead atoms. The largest absolute Gasteiger partial charge is 0.497 e. The monoisotopic (exact) mass is 498 g/mol. The van der Waals surface area contributed by atoms with Crippen molar-refractivity contribution < 1.29 is 22.5 Å². The Morgan fingerprint density at radius 1 is 1.17 bits per heavy atom. The number of carbonyl (C=O) groups excluding carboxylic acids is 1. The lowest BCUT2D eigenvalue weighted by atomic mass is 9.94. The maximum absolute atomic E-state index is 13.6. The highest BCUT2D eigenvalue weighted by molar-refractivity contribution is 7.89. The van der Waals surface area contributed by atoms with Crippen molar-refractivity contribution in [2.75, 3.05) is 27.2 Å². The molecule has 35 heavy (non-hydrogen) atoms. The summed E-state index contributed by atoms with van der Waals surface area (Å²) in [6.45, 7) is 3.72. The van der Waals surface area contributed by atoms with Crippen molar-refractivity contribution in [1.82, 2.24) is 19.3 Å². The maximum Gasteiger partial charge on any atom is 0.248 e. The highest BCUT2D eigenvalue weighted by atomic mass is 32.2.